The van der Waals surface area contributed by atoms with Crippen LogP contribution in [-0.4, -0.2) is 4.98 Å². The van der Waals surface area contributed by atoms with E-state index in [4.69, 9.17) is 14.0 Å². The molecule has 0 saturated heterocycles. The number of nitrogens with two attached hydrogens (primary N) is 1. The van der Waals surface area contributed by atoms with Gasteiger partial charge in [-0.15, -0.1) is 0 Å². The molecule has 0 spiro atoms. The van der Waals surface area contributed by atoms with Crippen LogP contribution >= 0.6 is 0 Å². The van der Waals surface area contributed by atoms with E-state index in [1.54, 1.807) is 0 Å². The van der Waals surface area contributed by atoms with Crippen molar-refractivity contribution in [2.45, 2.75) is 20.2 Å². The molecule has 1 rings (SSSR count). The van der Waals surface area contributed by atoms with Gasteiger partial charge in [-0.05, 0) is 31.4 Å². The molecular weight excluding hydrogens is 124 g/mol. The lowest BCUT2D eigenvalue weighted by molar-refractivity contribution is 1.02. The summed E-state index contributed by atoms with van der Waals surface area (Å²) in [6.07, 6.45) is 0. The van der Waals surface area contributed by atoms with Gasteiger partial charge in [0, 0.05) is 26.2 Å². The molecule has 0 aromatic carbocycles. The first kappa shape index (κ1) is 2.62. The van der Waals surface area contributed by atoms with Crippen LogP contribution in [0.25, 0.3) is 0 Å². The molecule has 0 atom stereocenters. The number of pyridine rings is 1. The Labute approximate surface area is 69.5 Å². The Bertz CT molecular complexity index is 349. The van der Waals surface area contributed by atoms with Crippen molar-refractivity contribution in [2.24, 2.45) is 5.73 Å². The molecule has 2 heteroatoms. The van der Waals surface area contributed by atoms with Crippen LogP contribution in [0.3, 0.4) is 0 Å². The Morgan fingerprint density at radius 3 is 2.50 bits per heavy atom. The fourth-order valence-electron chi connectivity index (χ4n) is 0.705. The van der Waals surface area contributed by atoms with Crippen molar-refractivity contribution in [1.82, 2.24) is 4.98 Å². The van der Waals surface area contributed by atoms with Crippen LogP contribution in [0.5, 0.6) is 0 Å². The van der Waals surface area contributed by atoms with Crippen LogP contribution in [0, 0.1) is 13.7 Å². The SMILES string of the molecule is [2H]C([2H])([2H])c1cc(CN)cc(C([2H])([2H])[2H])n1. The van der Waals surface area contributed by atoms with Crippen molar-refractivity contribution in [2.75, 3.05) is 0 Å². The molecule has 54 valence electrons. The van der Waals surface area contributed by atoms with Gasteiger partial charge in [0.25, 0.3) is 0 Å². The maximum Gasteiger partial charge on any atom is 0.0379 e. The second kappa shape index (κ2) is 2.80. The monoisotopic (exact) mass is 142 g/mol. The van der Waals surface area contributed by atoms with E-state index < -0.39 is 13.7 Å². The Morgan fingerprint density at radius 2 is 2.10 bits per heavy atom. The number of rotatable bonds is 1. The summed E-state index contributed by atoms with van der Waals surface area (Å²) in [4.78, 5) is 3.64. The molecule has 0 aliphatic rings. The van der Waals surface area contributed by atoms with E-state index in [2.05, 4.69) is 4.98 Å². The molecule has 0 saturated carbocycles. The molecule has 0 aliphatic carbocycles. The molecule has 1 heterocycles. The standard InChI is InChI=1S/C8H12N2/c1-6-3-8(5-9)4-7(2)10-6/h3-4H,5,9H2,1-2H3/i1D3,2D3. The predicted molar refractivity (Wildman–Crippen MR) is 41.6 cm³/mol. The second-order valence-electron chi connectivity index (χ2n) is 1.95. The van der Waals surface area contributed by atoms with Gasteiger partial charge in [-0.2, -0.15) is 0 Å². The zero-order valence-electron chi connectivity index (χ0n) is 11.4. The quantitative estimate of drug-likeness (QED) is 0.639. The number of aromatic nitrogens is 1. The summed E-state index contributed by atoms with van der Waals surface area (Å²) in [5, 5.41) is 0. The second-order valence-corrected chi connectivity index (χ2v) is 1.95. The van der Waals surface area contributed by atoms with Gasteiger partial charge in [0.15, 0.2) is 0 Å². The Balaban J connectivity index is 3.33. The van der Waals surface area contributed by atoms with Crippen LogP contribution < -0.4 is 5.73 Å². The summed E-state index contributed by atoms with van der Waals surface area (Å²) in [7, 11) is 0. The van der Waals surface area contributed by atoms with Crippen molar-refractivity contribution in [3.63, 3.8) is 0 Å². The largest absolute Gasteiger partial charge is 0.326 e. The van der Waals surface area contributed by atoms with Crippen molar-refractivity contribution < 1.29 is 8.22 Å². The average molecular weight is 142 g/mol. The molecule has 0 fully saturated rings. The van der Waals surface area contributed by atoms with Gasteiger partial charge < -0.3 is 5.73 Å². The van der Waals surface area contributed by atoms with E-state index in [1.165, 1.54) is 12.1 Å². The first-order valence-electron chi connectivity index (χ1n) is 5.86. The molecule has 10 heavy (non-hydrogen) atoms. The van der Waals surface area contributed by atoms with Gasteiger partial charge in [-0.1, -0.05) is 0 Å². The topological polar surface area (TPSA) is 38.9 Å². The molecule has 1 aromatic heterocycles. The van der Waals surface area contributed by atoms with Crippen molar-refractivity contribution in [3.05, 3.63) is 29.1 Å². The van der Waals surface area contributed by atoms with E-state index in [9.17, 15) is 0 Å². The summed E-state index contributed by atoms with van der Waals surface area (Å²) in [5.74, 6) is 0. The van der Waals surface area contributed by atoms with E-state index >= 15 is 0 Å². The number of hydrogen-bond acceptors (Lipinski definition) is 2. The van der Waals surface area contributed by atoms with Gasteiger partial charge in [-0.3, -0.25) is 4.98 Å². The number of nitrogens with zero attached hydrogens (tertiary/aromatic N) is 1. The smallest absolute Gasteiger partial charge is 0.0379 e. The van der Waals surface area contributed by atoms with Crippen LogP contribution in [-0.2, 0) is 6.54 Å². The van der Waals surface area contributed by atoms with Crippen molar-refractivity contribution >= 4 is 0 Å². The summed E-state index contributed by atoms with van der Waals surface area (Å²) in [6, 6.07) is 2.62. The van der Waals surface area contributed by atoms with Crippen LogP contribution in [0.4, 0.5) is 0 Å². The maximum atomic E-state index is 7.19. The van der Waals surface area contributed by atoms with Gasteiger partial charge in [0.1, 0.15) is 0 Å². The van der Waals surface area contributed by atoms with Crippen molar-refractivity contribution in [3.8, 4) is 0 Å². The van der Waals surface area contributed by atoms with Crippen LogP contribution in [0.1, 0.15) is 25.2 Å². The van der Waals surface area contributed by atoms with Crippen LogP contribution in [0.15, 0.2) is 12.1 Å². The fourth-order valence-corrected chi connectivity index (χ4v) is 0.705. The van der Waals surface area contributed by atoms with E-state index in [1.807, 2.05) is 0 Å². The minimum absolute atomic E-state index is 0.0781. The summed E-state index contributed by atoms with van der Waals surface area (Å²) in [5.41, 5.74) is 5.36. The molecule has 0 aliphatic heterocycles. The lowest BCUT2D eigenvalue weighted by atomic mass is 10.2. The maximum absolute atomic E-state index is 7.19. The highest BCUT2D eigenvalue weighted by Gasteiger charge is 1.92. The molecule has 0 unspecified atom stereocenters. The summed E-state index contributed by atoms with van der Waals surface area (Å²) in [6.45, 7) is -4.77. The van der Waals surface area contributed by atoms with Crippen molar-refractivity contribution in [1.29, 1.82) is 0 Å². The van der Waals surface area contributed by atoms with Gasteiger partial charge in [0.05, 0.1) is 0 Å². The molecule has 0 amide bonds. The van der Waals surface area contributed by atoms with Crippen LogP contribution in [0.2, 0.25) is 0 Å². The molecule has 0 bridgehead atoms. The number of aryl methyl sites for hydroxylation is 2. The molecule has 2 nitrogen and oxygen atoms in total. The first-order chi connectivity index (χ1) is 7.14. The van der Waals surface area contributed by atoms with Gasteiger partial charge in [0.2, 0.25) is 0 Å². The first-order valence-corrected chi connectivity index (χ1v) is 2.86. The Morgan fingerprint density at radius 1 is 1.50 bits per heavy atom. The summed E-state index contributed by atoms with van der Waals surface area (Å²) >= 11 is 0. The van der Waals surface area contributed by atoms with E-state index in [0.29, 0.717) is 5.56 Å². The molecule has 1 aromatic rings. The predicted octanol–water partition coefficient (Wildman–Crippen LogP) is 1.16. The lowest BCUT2D eigenvalue weighted by Crippen LogP contribution is -1.98. The zero-order valence-corrected chi connectivity index (χ0v) is 5.39. The fraction of sp³-hybridized carbons (Fsp3) is 0.375. The highest BCUT2D eigenvalue weighted by Crippen LogP contribution is 2.02. The third-order valence-corrected chi connectivity index (χ3v) is 1.12. The van der Waals surface area contributed by atoms with Gasteiger partial charge >= 0.3 is 0 Å². The van der Waals surface area contributed by atoms with Gasteiger partial charge in [-0.25, -0.2) is 0 Å². The van der Waals surface area contributed by atoms with E-state index in [-0.39, 0.29) is 17.9 Å². The van der Waals surface area contributed by atoms with E-state index in [0.717, 1.165) is 0 Å². The molecule has 2 N–H and O–H groups in total. The minimum Gasteiger partial charge on any atom is -0.326 e. The normalized spacial score (nSPS) is 21.3. The lowest BCUT2D eigenvalue weighted by Gasteiger charge is -1.99. The third kappa shape index (κ3) is 1.54. The molecular formula is C8H12N2. The zero-order chi connectivity index (χ0) is 12.6. The average Bonchev–Trinajstić information content (AvgIpc) is 2.14. The number of hydrogen-bond donors (Lipinski definition) is 1. The Hall–Kier alpha value is -0.890. The molecule has 0 radical (unpaired) electrons. The highest BCUT2D eigenvalue weighted by molar-refractivity contribution is 5.19. The Kier molecular flexibility index (Phi) is 0.734. The third-order valence-electron chi connectivity index (χ3n) is 1.12. The highest BCUT2D eigenvalue weighted by atomic mass is 14.7. The minimum atomic E-state index is -2.43. The summed E-state index contributed by atoms with van der Waals surface area (Å²) < 4.78 is 43.2.